The lowest BCUT2D eigenvalue weighted by molar-refractivity contribution is 0.0694. The second kappa shape index (κ2) is 4.86. The number of carboxylic acid groups (broad SMARTS) is 1. The van der Waals surface area contributed by atoms with Gasteiger partial charge in [-0.1, -0.05) is 12.1 Å². The topological polar surface area (TPSA) is 89.6 Å². The molecule has 0 fully saturated rings. The van der Waals surface area contributed by atoms with E-state index in [0.717, 1.165) is 11.4 Å². The number of benzene rings is 1. The third kappa shape index (κ3) is 2.40. The lowest BCUT2D eigenvalue weighted by Gasteiger charge is -2.03. The lowest BCUT2D eigenvalue weighted by Crippen LogP contribution is -2.00. The van der Waals surface area contributed by atoms with Crippen LogP contribution in [0, 0.1) is 13.8 Å². The molecule has 106 valence electrons. The van der Waals surface area contributed by atoms with Gasteiger partial charge >= 0.3 is 12.0 Å². The molecule has 0 spiro atoms. The van der Waals surface area contributed by atoms with Crippen LogP contribution in [0.4, 0.5) is 0 Å². The van der Waals surface area contributed by atoms with Gasteiger partial charge in [-0.05, 0) is 32.0 Å². The number of nitrogens with zero attached hydrogens (tertiary/aromatic N) is 4. The molecule has 21 heavy (non-hydrogen) atoms. The second-order valence-electron chi connectivity index (χ2n) is 4.55. The molecule has 1 aromatic carbocycles. The van der Waals surface area contributed by atoms with Crippen molar-refractivity contribution in [1.82, 2.24) is 19.6 Å². The summed E-state index contributed by atoms with van der Waals surface area (Å²) >= 11 is 0. The first-order valence-corrected chi connectivity index (χ1v) is 6.26. The van der Waals surface area contributed by atoms with Crippen molar-refractivity contribution in [3.8, 4) is 11.8 Å². The monoisotopic (exact) mass is 284 g/mol. The molecule has 2 heterocycles. The van der Waals surface area contributed by atoms with E-state index in [-0.39, 0.29) is 17.3 Å². The number of hydrogen-bond acceptors (Lipinski definition) is 5. The van der Waals surface area contributed by atoms with Crippen molar-refractivity contribution in [2.75, 3.05) is 0 Å². The molecule has 1 N–H and O–H groups in total. The number of para-hydroxylation sites is 1. The van der Waals surface area contributed by atoms with Crippen molar-refractivity contribution >= 4 is 11.7 Å². The summed E-state index contributed by atoms with van der Waals surface area (Å²) < 4.78 is 7.03. The maximum absolute atomic E-state index is 11.1. The van der Waals surface area contributed by atoms with Gasteiger partial charge in [0.15, 0.2) is 0 Å². The second-order valence-corrected chi connectivity index (χ2v) is 4.55. The molecule has 0 aliphatic carbocycles. The minimum Gasteiger partial charge on any atom is -0.478 e. The average molecular weight is 284 g/mol. The van der Waals surface area contributed by atoms with E-state index in [4.69, 9.17) is 9.84 Å². The largest absolute Gasteiger partial charge is 0.478 e. The van der Waals surface area contributed by atoms with Crippen LogP contribution < -0.4 is 4.74 Å². The van der Waals surface area contributed by atoms with E-state index in [1.54, 1.807) is 22.7 Å². The number of fused-ring (bicyclic) bond motifs is 1. The van der Waals surface area contributed by atoms with E-state index in [9.17, 15) is 4.79 Å². The van der Waals surface area contributed by atoms with Crippen LogP contribution in [0.1, 0.15) is 21.7 Å². The summed E-state index contributed by atoms with van der Waals surface area (Å²) in [6, 6.07) is 8.26. The molecule has 3 rings (SSSR count). The van der Waals surface area contributed by atoms with Crippen LogP contribution in [-0.4, -0.2) is 30.7 Å². The van der Waals surface area contributed by atoms with Crippen LogP contribution in [0.5, 0.6) is 11.8 Å². The van der Waals surface area contributed by atoms with E-state index >= 15 is 0 Å². The van der Waals surface area contributed by atoms with Crippen LogP contribution in [-0.2, 0) is 0 Å². The van der Waals surface area contributed by atoms with Gasteiger partial charge in [-0.3, -0.25) is 0 Å². The van der Waals surface area contributed by atoms with Crippen LogP contribution in [0.25, 0.3) is 5.78 Å². The van der Waals surface area contributed by atoms with Gasteiger partial charge < -0.3 is 9.84 Å². The number of aromatic carboxylic acids is 1. The summed E-state index contributed by atoms with van der Waals surface area (Å²) in [5, 5.41) is 13.3. The number of ether oxygens (including phenoxy) is 1. The molecule has 0 unspecified atom stereocenters. The summed E-state index contributed by atoms with van der Waals surface area (Å²) in [5.41, 5.74) is 1.74. The highest BCUT2D eigenvalue weighted by atomic mass is 16.5. The highest BCUT2D eigenvalue weighted by Gasteiger charge is 2.14. The minimum absolute atomic E-state index is 0.0530. The van der Waals surface area contributed by atoms with Gasteiger partial charge in [0, 0.05) is 11.4 Å². The Labute approximate surface area is 119 Å². The van der Waals surface area contributed by atoms with Gasteiger partial charge in [0.2, 0.25) is 0 Å². The molecule has 0 saturated carbocycles. The van der Waals surface area contributed by atoms with Crippen LogP contribution in [0.3, 0.4) is 0 Å². The standard InChI is InChI=1S/C14H12N4O3/c1-8-7-9(2)18-13(15-8)16-14(17-18)21-11-6-4-3-5-10(11)12(19)20/h3-7H,1-2H3,(H,19,20). The molecule has 7 nitrogen and oxygen atoms in total. The Morgan fingerprint density at radius 3 is 2.76 bits per heavy atom. The SMILES string of the molecule is Cc1cc(C)n2nc(Oc3ccccc3C(=O)O)nc2n1. The fourth-order valence-corrected chi connectivity index (χ4v) is 2.02. The molecular weight excluding hydrogens is 272 g/mol. The molecule has 0 radical (unpaired) electrons. The Balaban J connectivity index is 2.03. The van der Waals surface area contributed by atoms with Gasteiger partial charge in [0.25, 0.3) is 5.78 Å². The van der Waals surface area contributed by atoms with E-state index in [2.05, 4.69) is 15.1 Å². The summed E-state index contributed by atoms with van der Waals surface area (Å²) in [7, 11) is 0. The fourth-order valence-electron chi connectivity index (χ4n) is 2.02. The van der Waals surface area contributed by atoms with Crippen molar-refractivity contribution in [1.29, 1.82) is 0 Å². The highest BCUT2D eigenvalue weighted by molar-refractivity contribution is 5.90. The quantitative estimate of drug-likeness (QED) is 0.793. The van der Waals surface area contributed by atoms with Crippen LogP contribution in [0.2, 0.25) is 0 Å². The van der Waals surface area contributed by atoms with Crippen molar-refractivity contribution in [2.45, 2.75) is 13.8 Å². The van der Waals surface area contributed by atoms with Crippen molar-refractivity contribution in [3.05, 3.63) is 47.3 Å². The zero-order chi connectivity index (χ0) is 15.0. The molecule has 0 atom stereocenters. The first kappa shape index (κ1) is 13.0. The first-order chi connectivity index (χ1) is 10.0. The fraction of sp³-hybridized carbons (Fsp3) is 0.143. The molecular formula is C14H12N4O3. The average Bonchev–Trinajstić information content (AvgIpc) is 2.81. The number of aromatic nitrogens is 4. The van der Waals surface area contributed by atoms with E-state index < -0.39 is 5.97 Å². The Morgan fingerprint density at radius 2 is 2.00 bits per heavy atom. The zero-order valence-corrected chi connectivity index (χ0v) is 11.4. The number of hydrogen-bond donors (Lipinski definition) is 1. The molecule has 7 heteroatoms. The molecule has 3 aromatic rings. The maximum atomic E-state index is 11.1. The van der Waals surface area contributed by atoms with Gasteiger partial charge in [-0.2, -0.15) is 9.50 Å². The first-order valence-electron chi connectivity index (χ1n) is 6.26. The summed E-state index contributed by atoms with van der Waals surface area (Å²) in [6.45, 7) is 3.74. The van der Waals surface area contributed by atoms with Crippen LogP contribution in [0.15, 0.2) is 30.3 Å². The molecule has 0 aliphatic rings. The number of rotatable bonds is 3. The Morgan fingerprint density at radius 1 is 1.24 bits per heavy atom. The molecule has 0 bridgehead atoms. The Kier molecular flexibility index (Phi) is 3.02. The normalized spacial score (nSPS) is 10.8. The van der Waals surface area contributed by atoms with Crippen LogP contribution >= 0.6 is 0 Å². The third-order valence-electron chi connectivity index (χ3n) is 2.92. The number of aryl methyl sites for hydroxylation is 2. The predicted molar refractivity (Wildman–Crippen MR) is 73.7 cm³/mol. The summed E-state index contributed by atoms with van der Waals surface area (Å²) in [4.78, 5) is 19.5. The molecule has 2 aromatic heterocycles. The molecule has 0 saturated heterocycles. The van der Waals surface area contributed by atoms with E-state index in [1.165, 1.54) is 6.07 Å². The van der Waals surface area contributed by atoms with Gasteiger partial charge in [-0.25, -0.2) is 9.78 Å². The van der Waals surface area contributed by atoms with E-state index in [1.807, 2.05) is 19.9 Å². The number of carboxylic acids is 1. The molecule has 0 amide bonds. The maximum Gasteiger partial charge on any atom is 0.343 e. The minimum atomic E-state index is -1.07. The third-order valence-corrected chi connectivity index (χ3v) is 2.92. The van der Waals surface area contributed by atoms with Crippen molar-refractivity contribution < 1.29 is 14.6 Å². The van der Waals surface area contributed by atoms with Gasteiger partial charge in [0.05, 0.1) is 0 Å². The smallest absolute Gasteiger partial charge is 0.343 e. The van der Waals surface area contributed by atoms with Gasteiger partial charge in [-0.15, -0.1) is 5.10 Å². The highest BCUT2D eigenvalue weighted by Crippen LogP contribution is 2.23. The number of carbonyl (C=O) groups is 1. The zero-order valence-electron chi connectivity index (χ0n) is 11.4. The predicted octanol–water partition coefficient (Wildman–Crippen LogP) is 2.23. The van der Waals surface area contributed by atoms with Crippen molar-refractivity contribution in [3.63, 3.8) is 0 Å². The Hall–Kier alpha value is -2.96. The van der Waals surface area contributed by atoms with Crippen molar-refractivity contribution in [2.24, 2.45) is 0 Å². The lowest BCUT2D eigenvalue weighted by atomic mass is 10.2. The Bertz CT molecular complexity index is 841. The molecule has 0 aliphatic heterocycles. The summed E-state index contributed by atoms with van der Waals surface area (Å²) in [5.74, 6) is -0.467. The van der Waals surface area contributed by atoms with E-state index in [0.29, 0.717) is 5.78 Å². The van der Waals surface area contributed by atoms with Gasteiger partial charge in [0.1, 0.15) is 11.3 Å². The summed E-state index contributed by atoms with van der Waals surface area (Å²) in [6.07, 6.45) is 0.